The summed E-state index contributed by atoms with van der Waals surface area (Å²) in [5.41, 5.74) is 2.13. The lowest BCUT2D eigenvalue weighted by atomic mass is 10.0. The number of carbonyl (C=O) groups is 1. The van der Waals surface area contributed by atoms with Gasteiger partial charge >= 0.3 is 0 Å². The van der Waals surface area contributed by atoms with Gasteiger partial charge in [-0.3, -0.25) is 4.79 Å². The van der Waals surface area contributed by atoms with Gasteiger partial charge in [-0.05, 0) is 18.4 Å². The van der Waals surface area contributed by atoms with Crippen molar-refractivity contribution in [3.05, 3.63) is 47.8 Å². The molecule has 0 unspecified atom stereocenters. The Kier molecular flexibility index (Phi) is 7.05. The van der Waals surface area contributed by atoms with Crippen LogP contribution in [0.25, 0.3) is 0 Å². The van der Waals surface area contributed by atoms with Gasteiger partial charge in [0, 0.05) is 25.0 Å². The molecule has 0 radical (unpaired) electrons. The van der Waals surface area contributed by atoms with E-state index in [0.29, 0.717) is 6.54 Å². The number of nitrogens with zero attached hydrogens (tertiary/aromatic N) is 2. The van der Waals surface area contributed by atoms with Crippen LogP contribution in [0, 0.1) is 0 Å². The second-order valence-electron chi connectivity index (χ2n) is 5.17. The van der Waals surface area contributed by atoms with Crippen LogP contribution in [-0.4, -0.2) is 35.8 Å². The highest BCUT2D eigenvalue weighted by Crippen LogP contribution is 2.10. The van der Waals surface area contributed by atoms with E-state index >= 15 is 0 Å². The van der Waals surface area contributed by atoms with Crippen LogP contribution in [0.3, 0.4) is 0 Å². The highest BCUT2D eigenvalue weighted by atomic mass is 127. The van der Waals surface area contributed by atoms with Gasteiger partial charge in [0.1, 0.15) is 0 Å². The molecule has 1 aliphatic rings. The Hall–Kier alpha value is -1.04. The van der Waals surface area contributed by atoms with Crippen molar-refractivity contribution in [1.29, 1.82) is 0 Å². The summed E-state index contributed by atoms with van der Waals surface area (Å²) >= 11 is 0. The van der Waals surface area contributed by atoms with Crippen LogP contribution >= 0.6 is 24.0 Å². The highest BCUT2D eigenvalue weighted by Gasteiger charge is 2.13. The van der Waals surface area contributed by atoms with Crippen molar-refractivity contribution in [2.75, 3.05) is 20.3 Å². The second-order valence-corrected chi connectivity index (χ2v) is 5.17. The Balaban J connectivity index is 0.00000200. The maximum Gasteiger partial charge on any atom is 0.182 e. The van der Waals surface area contributed by atoms with E-state index in [2.05, 4.69) is 24.0 Å². The normalized spacial score (nSPS) is 13.5. The number of unbranched alkanes of at least 4 members (excludes halogenated alkanes) is 1. The Morgan fingerprint density at radius 2 is 1.90 bits per heavy atom. The van der Waals surface area contributed by atoms with E-state index in [4.69, 9.17) is 0 Å². The molecule has 0 spiro atoms. The van der Waals surface area contributed by atoms with Crippen LogP contribution < -0.4 is 0 Å². The fourth-order valence-corrected chi connectivity index (χ4v) is 2.21. The molecule has 4 heteroatoms. The summed E-state index contributed by atoms with van der Waals surface area (Å²) in [5.74, 6) is 0.182. The summed E-state index contributed by atoms with van der Waals surface area (Å²) in [6, 6.07) is 8.07. The van der Waals surface area contributed by atoms with Gasteiger partial charge in [0.15, 0.2) is 5.78 Å². The van der Waals surface area contributed by atoms with Crippen molar-refractivity contribution in [3.8, 4) is 0 Å². The molecule has 0 amide bonds. The lowest BCUT2D eigenvalue weighted by molar-refractivity contribution is 0.0948. The molecular formula is C16H23IN2O. The Morgan fingerprint density at radius 1 is 1.20 bits per heavy atom. The van der Waals surface area contributed by atoms with Crippen LogP contribution in [0.5, 0.6) is 0 Å². The third-order valence-electron chi connectivity index (χ3n) is 3.38. The fraction of sp³-hybridized carbons (Fsp3) is 0.438. The number of rotatable bonds is 6. The molecule has 0 atom stereocenters. The third kappa shape index (κ3) is 4.81. The molecule has 1 aromatic carbocycles. The van der Waals surface area contributed by atoms with Crippen molar-refractivity contribution in [1.82, 2.24) is 9.80 Å². The van der Waals surface area contributed by atoms with Crippen LogP contribution in [0.1, 0.15) is 35.7 Å². The molecule has 1 aromatic rings. The number of hydrogen-bond donors (Lipinski definition) is 0. The van der Waals surface area contributed by atoms with Gasteiger partial charge in [0.05, 0.1) is 13.2 Å². The summed E-state index contributed by atoms with van der Waals surface area (Å²) in [7, 11) is 2.00. The van der Waals surface area contributed by atoms with Gasteiger partial charge in [-0.1, -0.05) is 37.6 Å². The average molecular weight is 386 g/mol. The van der Waals surface area contributed by atoms with E-state index in [9.17, 15) is 4.79 Å². The molecule has 0 fully saturated rings. The molecule has 0 saturated carbocycles. The number of hydrogen-bond acceptors (Lipinski definition) is 3. The Morgan fingerprint density at radius 3 is 2.45 bits per heavy atom. The molecule has 110 valence electrons. The first kappa shape index (κ1) is 17.0. The molecular weight excluding hydrogens is 363 g/mol. The summed E-state index contributed by atoms with van der Waals surface area (Å²) in [6.07, 6.45) is 7.47. The minimum Gasteiger partial charge on any atom is -0.362 e. The average Bonchev–Trinajstić information content (AvgIpc) is 2.82. The number of benzene rings is 1. The third-order valence-corrected chi connectivity index (χ3v) is 3.38. The van der Waals surface area contributed by atoms with E-state index in [1.807, 2.05) is 36.5 Å². The zero-order valence-corrected chi connectivity index (χ0v) is 14.5. The number of halogens is 1. The smallest absolute Gasteiger partial charge is 0.182 e. The van der Waals surface area contributed by atoms with Crippen molar-refractivity contribution in [2.45, 2.75) is 26.2 Å². The predicted molar refractivity (Wildman–Crippen MR) is 93.3 cm³/mol. The lowest BCUT2D eigenvalue weighted by Gasteiger charge is -2.17. The number of ketones is 1. The highest BCUT2D eigenvalue weighted by molar-refractivity contribution is 14.0. The lowest BCUT2D eigenvalue weighted by Crippen LogP contribution is -2.28. The number of aryl methyl sites for hydroxylation is 1. The van der Waals surface area contributed by atoms with Crippen LogP contribution in [0.4, 0.5) is 0 Å². The van der Waals surface area contributed by atoms with E-state index in [0.717, 1.165) is 18.7 Å². The van der Waals surface area contributed by atoms with Crippen molar-refractivity contribution < 1.29 is 4.79 Å². The number of carbonyl (C=O) groups excluding carboxylic acids is 1. The molecule has 1 heterocycles. The monoisotopic (exact) mass is 386 g/mol. The van der Waals surface area contributed by atoms with E-state index in [1.165, 1.54) is 18.4 Å². The molecule has 20 heavy (non-hydrogen) atoms. The van der Waals surface area contributed by atoms with Gasteiger partial charge in [-0.15, -0.1) is 24.0 Å². The van der Waals surface area contributed by atoms with Crippen LogP contribution in [0.2, 0.25) is 0 Å². The first-order valence-corrected chi connectivity index (χ1v) is 6.94. The SMILES string of the molecule is CCCCc1ccc(C(=O)CN2C=CN(C)C2)cc1.I. The fourth-order valence-electron chi connectivity index (χ4n) is 2.21. The summed E-state index contributed by atoms with van der Waals surface area (Å²) in [5, 5.41) is 0. The molecule has 3 nitrogen and oxygen atoms in total. The Bertz CT molecular complexity index is 456. The van der Waals surface area contributed by atoms with Crippen molar-refractivity contribution in [3.63, 3.8) is 0 Å². The zero-order valence-electron chi connectivity index (χ0n) is 12.2. The summed E-state index contributed by atoms with van der Waals surface area (Å²) < 4.78 is 0. The van der Waals surface area contributed by atoms with Crippen LogP contribution in [0.15, 0.2) is 36.7 Å². The standard InChI is InChI=1S/C16H22N2O.HI/c1-3-4-5-14-6-8-15(9-7-14)16(19)12-18-11-10-17(2)13-18;/h6-11H,3-5,12-13H2,1-2H3;1H. The maximum atomic E-state index is 12.1. The van der Waals surface area contributed by atoms with Gasteiger partial charge in [-0.2, -0.15) is 0 Å². The number of Topliss-reactive ketones (excluding diaryl/α,β-unsaturated/α-hetero) is 1. The molecule has 0 saturated heterocycles. The molecule has 1 aliphatic heterocycles. The van der Waals surface area contributed by atoms with Crippen LogP contribution in [-0.2, 0) is 6.42 Å². The molecule has 0 bridgehead atoms. The molecule has 0 aromatic heterocycles. The first-order chi connectivity index (χ1) is 9.19. The largest absolute Gasteiger partial charge is 0.362 e. The van der Waals surface area contributed by atoms with Gasteiger partial charge in [0.25, 0.3) is 0 Å². The van der Waals surface area contributed by atoms with Crippen molar-refractivity contribution >= 4 is 29.8 Å². The van der Waals surface area contributed by atoms with E-state index < -0.39 is 0 Å². The summed E-state index contributed by atoms with van der Waals surface area (Å²) in [6.45, 7) is 3.44. The summed E-state index contributed by atoms with van der Waals surface area (Å²) in [4.78, 5) is 16.2. The van der Waals surface area contributed by atoms with E-state index in [1.54, 1.807) is 0 Å². The maximum absolute atomic E-state index is 12.1. The van der Waals surface area contributed by atoms with E-state index in [-0.39, 0.29) is 29.8 Å². The van der Waals surface area contributed by atoms with Crippen molar-refractivity contribution in [2.24, 2.45) is 0 Å². The first-order valence-electron chi connectivity index (χ1n) is 6.94. The Labute approximate surface area is 138 Å². The van der Waals surface area contributed by atoms with Gasteiger partial charge in [0.2, 0.25) is 0 Å². The second kappa shape index (κ2) is 8.29. The molecule has 2 rings (SSSR count). The molecule has 0 aliphatic carbocycles. The predicted octanol–water partition coefficient (Wildman–Crippen LogP) is 3.51. The minimum atomic E-state index is 0. The zero-order chi connectivity index (χ0) is 13.7. The minimum absolute atomic E-state index is 0. The molecule has 0 N–H and O–H groups in total. The van der Waals surface area contributed by atoms with Gasteiger partial charge < -0.3 is 9.80 Å². The topological polar surface area (TPSA) is 23.6 Å². The van der Waals surface area contributed by atoms with Gasteiger partial charge in [-0.25, -0.2) is 0 Å². The quantitative estimate of drug-likeness (QED) is 0.552.